The molecule has 8 aromatic carbocycles. The van der Waals surface area contributed by atoms with Crippen molar-refractivity contribution in [3.63, 3.8) is 0 Å². The third-order valence-electron chi connectivity index (χ3n) is 11.8. The molecule has 10 aromatic rings. The average Bonchev–Trinajstić information content (AvgIpc) is 3.77. The van der Waals surface area contributed by atoms with Crippen molar-refractivity contribution in [2.24, 2.45) is 0 Å². The molecule has 2 aliphatic carbocycles. The minimum atomic E-state index is -0.637. The van der Waals surface area contributed by atoms with E-state index in [1.807, 2.05) is 47.7 Å². The van der Waals surface area contributed by atoms with Crippen LogP contribution in [0, 0.1) is 0 Å². The molecule has 3 nitrogen and oxygen atoms in total. The van der Waals surface area contributed by atoms with E-state index >= 15 is 0 Å². The lowest BCUT2D eigenvalue weighted by Gasteiger charge is -2.35. The van der Waals surface area contributed by atoms with Crippen molar-refractivity contribution in [1.82, 2.24) is 15.0 Å². The van der Waals surface area contributed by atoms with E-state index in [4.69, 9.17) is 15.0 Å². The van der Waals surface area contributed by atoms with E-state index < -0.39 is 5.41 Å². The Labute approximate surface area is 328 Å². The fourth-order valence-electron chi connectivity index (χ4n) is 9.47. The van der Waals surface area contributed by atoms with Gasteiger partial charge in [-0.2, -0.15) is 0 Å². The largest absolute Gasteiger partial charge is 0.208 e. The number of fused-ring (bicyclic) bond motifs is 16. The Morgan fingerprint density at radius 2 is 0.857 bits per heavy atom. The van der Waals surface area contributed by atoms with Crippen LogP contribution in [0.15, 0.2) is 188 Å². The highest BCUT2D eigenvalue weighted by atomic mass is 32.1. The second kappa shape index (κ2) is 12.0. The van der Waals surface area contributed by atoms with Gasteiger partial charge in [0.1, 0.15) is 0 Å². The van der Waals surface area contributed by atoms with Gasteiger partial charge in [-0.1, -0.05) is 170 Å². The fraction of sp³-hybridized carbons (Fsp3) is 0.0192. The maximum Gasteiger partial charge on any atom is 0.164 e. The van der Waals surface area contributed by atoms with Crippen molar-refractivity contribution >= 4 is 31.5 Å². The van der Waals surface area contributed by atoms with E-state index in [-0.39, 0.29) is 0 Å². The molecule has 12 rings (SSSR count). The highest BCUT2D eigenvalue weighted by molar-refractivity contribution is 7.26. The normalized spacial score (nSPS) is 14.9. The average molecular weight is 730 g/mol. The van der Waals surface area contributed by atoms with Crippen molar-refractivity contribution in [3.8, 4) is 67.5 Å². The van der Waals surface area contributed by atoms with Crippen LogP contribution in [0.25, 0.3) is 87.7 Å². The Hall–Kier alpha value is -7.01. The third kappa shape index (κ3) is 4.36. The second-order valence-corrected chi connectivity index (χ2v) is 15.7. The standard InChI is InChI=1S/C52H31N3S/c1-3-15-32(16-4-1)49-53-50(33-17-5-2-6-18-33)55-51(54-49)34-27-28-38-36-20-8-7-19-35(36)37-21-9-12-24-41(37)52(44(38)31-34)42-25-13-10-22-39(42)47-43(52)29-30-46-48(47)40-23-11-14-26-45(40)56-46/h1-31H. The Morgan fingerprint density at radius 3 is 1.54 bits per heavy atom. The summed E-state index contributed by atoms with van der Waals surface area (Å²) in [5.41, 5.74) is 14.8. The van der Waals surface area contributed by atoms with E-state index in [1.54, 1.807) is 0 Å². The minimum Gasteiger partial charge on any atom is -0.208 e. The summed E-state index contributed by atoms with van der Waals surface area (Å²) in [7, 11) is 0. The van der Waals surface area contributed by atoms with Crippen molar-refractivity contribution in [3.05, 3.63) is 210 Å². The number of benzene rings is 8. The highest BCUT2D eigenvalue weighted by Gasteiger charge is 2.50. The summed E-state index contributed by atoms with van der Waals surface area (Å²) in [6, 6.07) is 68.1. The summed E-state index contributed by atoms with van der Waals surface area (Å²) < 4.78 is 2.62. The van der Waals surface area contributed by atoms with Crippen LogP contribution < -0.4 is 0 Å². The van der Waals surface area contributed by atoms with Crippen molar-refractivity contribution < 1.29 is 0 Å². The minimum absolute atomic E-state index is 0.637. The molecule has 0 amide bonds. The van der Waals surface area contributed by atoms with Gasteiger partial charge in [-0.15, -0.1) is 11.3 Å². The molecule has 56 heavy (non-hydrogen) atoms. The lowest BCUT2D eigenvalue weighted by Crippen LogP contribution is -2.29. The number of aromatic nitrogens is 3. The predicted octanol–water partition coefficient (Wildman–Crippen LogP) is 13.3. The molecule has 260 valence electrons. The first kappa shape index (κ1) is 31.4. The van der Waals surface area contributed by atoms with Crippen LogP contribution in [0.5, 0.6) is 0 Å². The van der Waals surface area contributed by atoms with Crippen LogP contribution in [0.2, 0.25) is 0 Å². The summed E-state index contributed by atoms with van der Waals surface area (Å²) in [6.45, 7) is 0. The molecule has 1 unspecified atom stereocenters. The molecule has 4 heteroatoms. The maximum atomic E-state index is 5.21. The summed E-state index contributed by atoms with van der Waals surface area (Å²) in [6.07, 6.45) is 0. The molecule has 1 atom stereocenters. The topological polar surface area (TPSA) is 38.7 Å². The number of hydrogen-bond donors (Lipinski definition) is 0. The molecule has 0 aliphatic heterocycles. The lowest BCUT2D eigenvalue weighted by molar-refractivity contribution is 0.776. The van der Waals surface area contributed by atoms with Gasteiger partial charge >= 0.3 is 0 Å². The molecule has 0 saturated carbocycles. The molecule has 2 heterocycles. The first-order chi connectivity index (χ1) is 27.8. The molecule has 2 aliphatic rings. The molecule has 2 aromatic heterocycles. The van der Waals surface area contributed by atoms with Crippen LogP contribution >= 0.6 is 11.3 Å². The van der Waals surface area contributed by atoms with Crippen LogP contribution in [0.3, 0.4) is 0 Å². The van der Waals surface area contributed by atoms with E-state index in [0.29, 0.717) is 17.5 Å². The molecule has 0 bridgehead atoms. The number of nitrogens with zero attached hydrogens (tertiary/aromatic N) is 3. The van der Waals surface area contributed by atoms with Crippen LogP contribution in [0.4, 0.5) is 0 Å². The summed E-state index contributed by atoms with van der Waals surface area (Å²) >= 11 is 1.88. The number of hydrogen-bond acceptors (Lipinski definition) is 4. The SMILES string of the molecule is c1ccc(-c2nc(-c3ccccc3)nc(-c3ccc4c(c3)C3(c5ccccc5-c5ccccc5-4)c4ccccc4-c4c3ccc3sc5ccccc5c43)n2)cc1. The second-order valence-electron chi connectivity index (χ2n) is 14.6. The number of thiophene rings is 1. The first-order valence-electron chi connectivity index (χ1n) is 19.0. The molecule has 0 fully saturated rings. The van der Waals surface area contributed by atoms with Gasteiger partial charge in [0, 0.05) is 36.9 Å². The van der Waals surface area contributed by atoms with Crippen LogP contribution in [0.1, 0.15) is 22.3 Å². The monoisotopic (exact) mass is 729 g/mol. The van der Waals surface area contributed by atoms with Gasteiger partial charge in [-0.25, -0.2) is 15.0 Å². The van der Waals surface area contributed by atoms with E-state index in [2.05, 4.69) is 152 Å². The van der Waals surface area contributed by atoms with Crippen molar-refractivity contribution in [2.45, 2.75) is 5.41 Å². The quantitative estimate of drug-likeness (QED) is 0.182. The highest BCUT2D eigenvalue weighted by Crippen LogP contribution is 2.63. The van der Waals surface area contributed by atoms with Gasteiger partial charge in [0.05, 0.1) is 5.41 Å². The van der Waals surface area contributed by atoms with Crippen molar-refractivity contribution in [1.29, 1.82) is 0 Å². The molecule has 0 saturated heterocycles. The van der Waals surface area contributed by atoms with Gasteiger partial charge in [-0.3, -0.25) is 0 Å². The zero-order chi connectivity index (χ0) is 36.8. The van der Waals surface area contributed by atoms with Gasteiger partial charge in [0.25, 0.3) is 0 Å². The number of rotatable bonds is 3. The Morgan fingerprint density at radius 1 is 0.339 bits per heavy atom. The fourth-order valence-corrected chi connectivity index (χ4v) is 10.6. The van der Waals surface area contributed by atoms with Gasteiger partial charge < -0.3 is 0 Å². The molecule has 1 spiro atoms. The third-order valence-corrected chi connectivity index (χ3v) is 12.9. The van der Waals surface area contributed by atoms with Crippen molar-refractivity contribution in [2.75, 3.05) is 0 Å². The summed E-state index contributed by atoms with van der Waals surface area (Å²) in [5.74, 6) is 1.95. The zero-order valence-corrected chi connectivity index (χ0v) is 31.0. The van der Waals surface area contributed by atoms with E-state index in [1.165, 1.54) is 75.8 Å². The van der Waals surface area contributed by atoms with Crippen LogP contribution in [-0.2, 0) is 5.41 Å². The first-order valence-corrected chi connectivity index (χ1v) is 19.8. The molecule has 0 radical (unpaired) electrons. The van der Waals surface area contributed by atoms with Gasteiger partial charge in [0.15, 0.2) is 17.5 Å². The molecular weight excluding hydrogens is 699 g/mol. The summed E-state index contributed by atoms with van der Waals surface area (Å²) in [4.78, 5) is 15.4. The maximum absolute atomic E-state index is 5.21. The van der Waals surface area contributed by atoms with Crippen LogP contribution in [-0.4, -0.2) is 15.0 Å². The molecular formula is C52H31N3S. The van der Waals surface area contributed by atoms with Gasteiger partial charge in [-0.05, 0) is 73.8 Å². The lowest BCUT2D eigenvalue weighted by atomic mass is 9.65. The molecule has 0 N–H and O–H groups in total. The Bertz CT molecular complexity index is 3140. The predicted molar refractivity (Wildman–Crippen MR) is 231 cm³/mol. The Balaban J connectivity index is 1.22. The Kier molecular flexibility index (Phi) is 6.72. The van der Waals surface area contributed by atoms with E-state index in [0.717, 1.165) is 16.7 Å². The smallest absolute Gasteiger partial charge is 0.164 e. The van der Waals surface area contributed by atoms with E-state index in [9.17, 15) is 0 Å². The summed E-state index contributed by atoms with van der Waals surface area (Å²) in [5, 5.41) is 2.64. The van der Waals surface area contributed by atoms with Gasteiger partial charge in [0.2, 0.25) is 0 Å². The zero-order valence-electron chi connectivity index (χ0n) is 30.1.